The summed E-state index contributed by atoms with van der Waals surface area (Å²) in [6.07, 6.45) is 0. The van der Waals surface area contributed by atoms with E-state index >= 15 is 17.6 Å². The molecule has 5 rings (SSSR count). The molecule has 7 heteroatoms. The molecule has 174 valence electrons. The third-order valence-electron chi connectivity index (χ3n) is 6.26. The minimum Gasteiger partial charge on any atom is -0.194 e. The molecule has 1 aromatic heterocycles. The zero-order valence-electron chi connectivity index (χ0n) is 18.1. The topological polar surface area (TPSA) is 0 Å². The lowest BCUT2D eigenvalue weighted by Gasteiger charge is -2.26. The van der Waals surface area contributed by atoms with Crippen LogP contribution in [-0.2, 0) is 0 Å². The van der Waals surface area contributed by atoms with E-state index in [1.807, 2.05) is 0 Å². The number of hydrogen-bond acceptors (Lipinski definition) is 1. The summed E-state index contributed by atoms with van der Waals surface area (Å²) in [6, 6.07) is 19.8. The minimum absolute atomic E-state index is 0.219. The zero-order chi connectivity index (χ0) is 24.5. The van der Waals surface area contributed by atoms with Crippen LogP contribution in [0.4, 0.5) is 26.3 Å². The molecule has 1 heterocycles. The average Bonchev–Trinajstić information content (AvgIpc) is 3.22. The first-order valence-corrected chi connectivity index (χ1v) is 11.3. The fourth-order valence-corrected chi connectivity index (χ4v) is 5.81. The highest BCUT2D eigenvalue weighted by Gasteiger charge is 2.80. The molecule has 0 fully saturated rings. The van der Waals surface area contributed by atoms with Gasteiger partial charge in [0.15, 0.2) is 0 Å². The summed E-state index contributed by atoms with van der Waals surface area (Å²) < 4.78 is 91.1. The quantitative estimate of drug-likeness (QED) is 0.252. The Kier molecular flexibility index (Phi) is 4.99. The lowest BCUT2D eigenvalue weighted by Crippen LogP contribution is -2.48. The van der Waals surface area contributed by atoms with E-state index in [1.54, 1.807) is 60.7 Å². The summed E-state index contributed by atoms with van der Waals surface area (Å²) in [5, 5.41) is 0.720. The van der Waals surface area contributed by atoms with Gasteiger partial charge in [0.2, 0.25) is 0 Å². The molecule has 0 saturated heterocycles. The van der Waals surface area contributed by atoms with Gasteiger partial charge in [-0.15, -0.1) is 11.3 Å². The van der Waals surface area contributed by atoms with Crippen molar-refractivity contribution in [1.29, 1.82) is 0 Å². The van der Waals surface area contributed by atoms with Crippen molar-refractivity contribution >= 4 is 33.3 Å². The highest BCUT2D eigenvalue weighted by Crippen LogP contribution is 2.66. The van der Waals surface area contributed by atoms with Crippen molar-refractivity contribution < 1.29 is 26.3 Å². The Hall–Kier alpha value is -3.06. The molecule has 0 radical (unpaired) electrons. The van der Waals surface area contributed by atoms with Gasteiger partial charge in [0.25, 0.3) is 0 Å². The lowest BCUT2D eigenvalue weighted by atomic mass is 9.89. The summed E-state index contributed by atoms with van der Waals surface area (Å²) in [6.45, 7) is 2.94. The Morgan fingerprint density at radius 1 is 0.647 bits per heavy atom. The molecule has 0 amide bonds. The second kappa shape index (κ2) is 7.47. The standard InChI is InChI=1S/C27H18F6S/c1-15-12-13-17-8-6-7-11-19(17)21(15)22-23(26(30,31)27(32,33)25(22,28)29)24-16(2)14-20(34-24)18-9-4-3-5-10-18/h3-14H,1-2H3. The Bertz CT molecular complexity index is 1450. The van der Waals surface area contributed by atoms with E-state index in [-0.39, 0.29) is 27.0 Å². The smallest absolute Gasteiger partial charge is 0.194 e. The van der Waals surface area contributed by atoms with Gasteiger partial charge in [-0.05, 0) is 52.9 Å². The molecule has 0 atom stereocenters. The molecule has 34 heavy (non-hydrogen) atoms. The maximum Gasteiger partial charge on any atom is 0.380 e. The number of hydrogen-bond donors (Lipinski definition) is 0. The maximum absolute atomic E-state index is 15.4. The van der Waals surface area contributed by atoms with Crippen LogP contribution in [0.2, 0.25) is 0 Å². The number of allylic oxidation sites excluding steroid dienone is 2. The zero-order valence-corrected chi connectivity index (χ0v) is 18.9. The fraction of sp³-hybridized carbons (Fsp3) is 0.185. The van der Waals surface area contributed by atoms with Crippen molar-refractivity contribution in [3.8, 4) is 10.4 Å². The summed E-state index contributed by atoms with van der Waals surface area (Å²) in [5.74, 6) is -15.7. The van der Waals surface area contributed by atoms with Gasteiger partial charge in [0, 0.05) is 15.3 Å². The Balaban J connectivity index is 1.90. The molecular weight excluding hydrogens is 470 g/mol. The lowest BCUT2D eigenvalue weighted by molar-refractivity contribution is -0.254. The Morgan fingerprint density at radius 2 is 1.26 bits per heavy atom. The number of rotatable bonds is 3. The third-order valence-corrected chi connectivity index (χ3v) is 7.56. The van der Waals surface area contributed by atoms with Crippen LogP contribution in [0, 0.1) is 13.8 Å². The molecular formula is C27H18F6S. The average molecular weight is 488 g/mol. The summed E-state index contributed by atoms with van der Waals surface area (Å²) >= 11 is 0.819. The largest absolute Gasteiger partial charge is 0.380 e. The normalized spacial score (nSPS) is 18.6. The molecule has 1 aliphatic carbocycles. The van der Waals surface area contributed by atoms with Crippen molar-refractivity contribution in [2.24, 2.45) is 0 Å². The van der Waals surface area contributed by atoms with Gasteiger partial charge in [0.1, 0.15) is 0 Å². The summed E-state index contributed by atoms with van der Waals surface area (Å²) in [7, 11) is 0. The summed E-state index contributed by atoms with van der Waals surface area (Å²) in [4.78, 5) is 0.270. The fourth-order valence-electron chi connectivity index (χ4n) is 4.55. The summed E-state index contributed by atoms with van der Waals surface area (Å²) in [5.41, 5.74) is -1.73. The third kappa shape index (κ3) is 2.99. The van der Waals surface area contributed by atoms with Crippen molar-refractivity contribution in [2.75, 3.05) is 0 Å². The molecule has 0 bridgehead atoms. The van der Waals surface area contributed by atoms with Crippen LogP contribution in [0.15, 0.2) is 72.8 Å². The number of halogens is 6. The molecule has 0 saturated carbocycles. The monoisotopic (exact) mass is 488 g/mol. The van der Waals surface area contributed by atoms with Crippen LogP contribution in [0.1, 0.15) is 21.6 Å². The predicted octanol–water partition coefficient (Wildman–Crippen LogP) is 9.02. The van der Waals surface area contributed by atoms with Crippen molar-refractivity contribution in [2.45, 2.75) is 31.6 Å². The highest BCUT2D eigenvalue weighted by atomic mass is 32.1. The Labute approximate surface area is 196 Å². The Morgan fingerprint density at radius 3 is 1.97 bits per heavy atom. The predicted molar refractivity (Wildman–Crippen MR) is 125 cm³/mol. The minimum atomic E-state index is -5.59. The van der Waals surface area contributed by atoms with Crippen molar-refractivity contribution in [3.63, 3.8) is 0 Å². The maximum atomic E-state index is 15.4. The van der Waals surface area contributed by atoms with Crippen LogP contribution in [-0.4, -0.2) is 17.8 Å². The number of thiophene rings is 1. The van der Waals surface area contributed by atoms with Gasteiger partial charge in [-0.1, -0.05) is 66.7 Å². The molecule has 0 N–H and O–H groups in total. The van der Waals surface area contributed by atoms with E-state index in [1.165, 1.54) is 26.0 Å². The van der Waals surface area contributed by atoms with Gasteiger partial charge in [-0.3, -0.25) is 0 Å². The van der Waals surface area contributed by atoms with E-state index < -0.39 is 28.9 Å². The van der Waals surface area contributed by atoms with Gasteiger partial charge < -0.3 is 0 Å². The second-order valence-electron chi connectivity index (χ2n) is 8.44. The first-order chi connectivity index (χ1) is 16.0. The van der Waals surface area contributed by atoms with E-state index in [0.717, 1.165) is 11.3 Å². The van der Waals surface area contributed by atoms with Crippen LogP contribution in [0.5, 0.6) is 0 Å². The van der Waals surface area contributed by atoms with Crippen molar-refractivity contribution in [3.05, 3.63) is 94.4 Å². The SMILES string of the molecule is Cc1cc(-c2ccccc2)sc1C1=C(c2c(C)ccc3ccccc23)C(F)(F)C(F)(F)C1(F)F. The van der Waals surface area contributed by atoms with E-state index in [4.69, 9.17) is 0 Å². The van der Waals surface area contributed by atoms with Crippen LogP contribution in [0.3, 0.4) is 0 Å². The van der Waals surface area contributed by atoms with Gasteiger partial charge in [0.05, 0.1) is 5.57 Å². The molecule has 4 aromatic rings. The molecule has 0 aliphatic heterocycles. The molecule has 0 spiro atoms. The molecule has 1 aliphatic rings. The van der Waals surface area contributed by atoms with E-state index in [9.17, 15) is 8.78 Å². The number of benzene rings is 3. The van der Waals surface area contributed by atoms with Crippen LogP contribution in [0.25, 0.3) is 32.4 Å². The van der Waals surface area contributed by atoms with Gasteiger partial charge >= 0.3 is 17.8 Å². The van der Waals surface area contributed by atoms with Crippen molar-refractivity contribution in [1.82, 2.24) is 0 Å². The molecule has 0 nitrogen and oxygen atoms in total. The molecule has 3 aromatic carbocycles. The van der Waals surface area contributed by atoms with E-state index in [0.29, 0.717) is 15.8 Å². The number of aryl methyl sites for hydroxylation is 2. The molecule has 0 unspecified atom stereocenters. The van der Waals surface area contributed by atoms with Gasteiger partial charge in [-0.25, -0.2) is 0 Å². The first kappa shape index (κ1) is 22.7. The second-order valence-corrected chi connectivity index (χ2v) is 9.49. The van der Waals surface area contributed by atoms with Crippen LogP contribution < -0.4 is 0 Å². The van der Waals surface area contributed by atoms with E-state index in [2.05, 4.69) is 0 Å². The number of alkyl halides is 6. The first-order valence-electron chi connectivity index (χ1n) is 10.5. The number of fused-ring (bicyclic) bond motifs is 1. The highest BCUT2D eigenvalue weighted by molar-refractivity contribution is 7.16. The van der Waals surface area contributed by atoms with Gasteiger partial charge in [-0.2, -0.15) is 26.3 Å². The van der Waals surface area contributed by atoms with Crippen LogP contribution >= 0.6 is 11.3 Å².